The molecule has 0 aliphatic rings. The van der Waals surface area contributed by atoms with E-state index in [1.165, 1.54) is 48.4 Å². The molecule has 0 atom stereocenters. The predicted octanol–water partition coefficient (Wildman–Crippen LogP) is 11.1. The minimum atomic E-state index is -4.52. The molecule has 3 aromatic carbocycles. The second-order valence-electron chi connectivity index (χ2n) is 9.14. The average molecular weight is 715 g/mol. The minimum absolute atomic E-state index is 0.0970. The van der Waals surface area contributed by atoms with Crippen LogP contribution < -0.4 is 4.90 Å². The van der Waals surface area contributed by atoms with Crippen LogP contribution in [0.2, 0.25) is 10.0 Å². The number of hydrogen-bond acceptors (Lipinski definition) is 5. The number of anilines is 1. The third kappa shape index (κ3) is 8.42. The summed E-state index contributed by atoms with van der Waals surface area (Å²) in [6, 6.07) is 23.2. The second kappa shape index (κ2) is 15.2. The van der Waals surface area contributed by atoms with E-state index in [2.05, 4.69) is 0 Å². The van der Waals surface area contributed by atoms with Crippen LogP contribution in [0, 0.1) is 0 Å². The van der Waals surface area contributed by atoms with Crippen molar-refractivity contribution in [3.8, 4) is 21.8 Å². The number of amides is 1. The molecule has 0 unspecified atom stereocenters. The first-order valence-corrected chi connectivity index (χ1v) is 15.5. The van der Waals surface area contributed by atoms with Crippen molar-refractivity contribution in [2.24, 2.45) is 0 Å². The number of halogens is 7. The normalized spacial score (nSPS) is 11.0. The highest BCUT2D eigenvalue weighted by Gasteiger charge is 2.31. The molecule has 0 N–H and O–H groups in total. The summed E-state index contributed by atoms with van der Waals surface area (Å²) in [5, 5.41) is 0.622. The molecular formula is C32H22Cl4F3NO4S. The van der Waals surface area contributed by atoms with Crippen LogP contribution in [0.1, 0.15) is 31.4 Å². The van der Waals surface area contributed by atoms with Gasteiger partial charge in [-0.15, -0.1) is 34.5 Å². The molecule has 0 saturated carbocycles. The molecule has 0 spiro atoms. The first-order valence-electron chi connectivity index (χ1n) is 12.9. The van der Waals surface area contributed by atoms with E-state index in [9.17, 15) is 22.8 Å². The van der Waals surface area contributed by atoms with Gasteiger partial charge in [0.1, 0.15) is 16.4 Å². The Balaban J connectivity index is 0.00000148. The highest BCUT2D eigenvalue weighted by atomic mass is 35.5. The largest absolute Gasteiger partial charge is 0.465 e. The van der Waals surface area contributed by atoms with Crippen molar-refractivity contribution in [2.75, 3.05) is 17.3 Å². The molecule has 5 nitrogen and oxygen atoms in total. The van der Waals surface area contributed by atoms with Gasteiger partial charge in [-0.2, -0.15) is 13.2 Å². The van der Waals surface area contributed by atoms with Crippen molar-refractivity contribution in [2.45, 2.75) is 12.7 Å². The standard InChI is InChI=1S/C31H20Cl2F3NO4S.CH2Cl2/c1-40-30(39)28-25(16-27(42-28)18-6-3-2-4-7-18)37(29(38)23-12-10-21(32)15-24(23)33)17-22-11-13-26(41-22)19-8-5-9-20(14-19)31(34,35)36;2-1-3/h2-16H,17H2,1H3;1H2. The van der Waals surface area contributed by atoms with E-state index in [4.69, 9.17) is 55.6 Å². The lowest BCUT2D eigenvalue weighted by atomic mass is 10.1. The topological polar surface area (TPSA) is 59.8 Å². The van der Waals surface area contributed by atoms with Gasteiger partial charge in [0.25, 0.3) is 5.91 Å². The third-order valence-corrected chi connectivity index (χ3v) is 7.99. The highest BCUT2D eigenvalue weighted by molar-refractivity contribution is 7.18. The molecule has 0 radical (unpaired) electrons. The number of carbonyl (C=O) groups is 2. The van der Waals surface area contributed by atoms with Crippen LogP contribution in [0.5, 0.6) is 0 Å². The molecule has 45 heavy (non-hydrogen) atoms. The Kier molecular flexibility index (Phi) is 11.6. The predicted molar refractivity (Wildman–Crippen MR) is 174 cm³/mol. The first kappa shape index (κ1) is 34.4. The fourth-order valence-corrected chi connectivity index (χ4v) is 5.84. The monoisotopic (exact) mass is 713 g/mol. The van der Waals surface area contributed by atoms with E-state index in [1.54, 1.807) is 12.1 Å². The molecule has 1 amide bonds. The number of nitrogens with zero attached hydrogens (tertiary/aromatic N) is 1. The fraction of sp³-hybridized carbons (Fsp3) is 0.125. The van der Waals surface area contributed by atoms with E-state index in [-0.39, 0.29) is 50.1 Å². The van der Waals surface area contributed by atoms with E-state index in [0.29, 0.717) is 9.90 Å². The summed E-state index contributed by atoms with van der Waals surface area (Å²) >= 11 is 23.1. The number of esters is 1. The van der Waals surface area contributed by atoms with Crippen LogP contribution in [-0.4, -0.2) is 24.3 Å². The van der Waals surface area contributed by atoms with Crippen LogP contribution in [0.3, 0.4) is 0 Å². The Morgan fingerprint density at radius 2 is 1.58 bits per heavy atom. The zero-order chi connectivity index (χ0) is 32.7. The van der Waals surface area contributed by atoms with Gasteiger partial charge in [-0.3, -0.25) is 9.69 Å². The number of alkyl halides is 5. The summed E-state index contributed by atoms with van der Waals surface area (Å²) < 4.78 is 50.8. The van der Waals surface area contributed by atoms with E-state index in [1.807, 2.05) is 30.3 Å². The van der Waals surface area contributed by atoms with Gasteiger partial charge in [0.15, 0.2) is 0 Å². The van der Waals surface area contributed by atoms with Gasteiger partial charge in [0.2, 0.25) is 0 Å². The Hall–Kier alpha value is -3.47. The summed E-state index contributed by atoms with van der Waals surface area (Å²) in [4.78, 5) is 29.1. The smallest absolute Gasteiger partial charge is 0.416 e. The van der Waals surface area contributed by atoms with Crippen LogP contribution >= 0.6 is 57.7 Å². The lowest BCUT2D eigenvalue weighted by Gasteiger charge is -2.22. The third-order valence-electron chi connectivity index (χ3n) is 6.29. The first-order chi connectivity index (χ1) is 21.5. The lowest BCUT2D eigenvalue weighted by Crippen LogP contribution is -2.31. The number of thiophene rings is 1. The van der Waals surface area contributed by atoms with Gasteiger partial charge < -0.3 is 9.15 Å². The van der Waals surface area contributed by atoms with Gasteiger partial charge in [-0.1, -0.05) is 65.7 Å². The van der Waals surface area contributed by atoms with E-state index < -0.39 is 23.6 Å². The Morgan fingerprint density at radius 3 is 2.22 bits per heavy atom. The van der Waals surface area contributed by atoms with Gasteiger partial charge in [-0.05, 0) is 54.1 Å². The summed E-state index contributed by atoms with van der Waals surface area (Å²) in [7, 11) is 1.24. The summed E-state index contributed by atoms with van der Waals surface area (Å²) in [6.45, 7) is -0.175. The molecule has 0 saturated heterocycles. The second-order valence-corrected chi connectivity index (χ2v) is 11.8. The molecular weight excluding hydrogens is 693 g/mol. The van der Waals surface area contributed by atoms with Crippen molar-refractivity contribution >= 4 is 75.3 Å². The molecule has 5 aromatic rings. The van der Waals surface area contributed by atoms with Crippen LogP contribution in [0.25, 0.3) is 21.8 Å². The molecule has 13 heteroatoms. The number of ether oxygens (including phenoxy) is 1. The number of methoxy groups -OCH3 is 1. The average Bonchev–Trinajstić information content (AvgIpc) is 3.68. The zero-order valence-electron chi connectivity index (χ0n) is 23.2. The minimum Gasteiger partial charge on any atom is -0.465 e. The molecule has 0 bridgehead atoms. The van der Waals surface area contributed by atoms with E-state index in [0.717, 1.165) is 29.0 Å². The number of carbonyl (C=O) groups excluding carboxylic acids is 2. The summed E-state index contributed by atoms with van der Waals surface area (Å²) in [6.07, 6.45) is -4.52. The van der Waals surface area contributed by atoms with Crippen molar-refractivity contribution in [3.63, 3.8) is 0 Å². The maximum absolute atomic E-state index is 14.0. The van der Waals surface area contributed by atoms with Crippen LogP contribution in [0.15, 0.2) is 95.4 Å². The molecule has 2 aromatic heterocycles. The molecule has 5 rings (SSSR count). The van der Waals surface area contributed by atoms with Crippen LogP contribution in [-0.2, 0) is 17.5 Å². The molecule has 0 aliphatic carbocycles. The number of benzene rings is 3. The number of rotatable bonds is 7. The van der Waals surface area contributed by atoms with Crippen LogP contribution in [0.4, 0.5) is 18.9 Å². The van der Waals surface area contributed by atoms with Crippen molar-refractivity contribution in [1.82, 2.24) is 0 Å². The SMILES string of the molecule is COC(=O)c1sc(-c2ccccc2)cc1N(Cc1ccc(-c2cccc(C(F)(F)F)c2)o1)C(=O)c1ccc(Cl)cc1Cl.ClCCl. The highest BCUT2D eigenvalue weighted by Crippen LogP contribution is 2.40. The Labute approximate surface area is 280 Å². The quantitative estimate of drug-likeness (QED) is 0.124. The van der Waals surface area contributed by atoms with E-state index >= 15 is 0 Å². The summed E-state index contributed by atoms with van der Waals surface area (Å²) in [5.41, 5.74) is 0.585. The van der Waals surface area contributed by atoms with Gasteiger partial charge in [0, 0.05) is 15.5 Å². The number of furan rings is 1. The maximum atomic E-state index is 14.0. The van der Waals surface area contributed by atoms with Crippen molar-refractivity contribution in [1.29, 1.82) is 0 Å². The molecule has 2 heterocycles. The zero-order valence-corrected chi connectivity index (χ0v) is 27.0. The molecule has 0 aliphatic heterocycles. The lowest BCUT2D eigenvalue weighted by molar-refractivity contribution is -0.137. The maximum Gasteiger partial charge on any atom is 0.416 e. The molecule has 0 fully saturated rings. The van der Waals surface area contributed by atoms with Crippen molar-refractivity contribution in [3.05, 3.63) is 123 Å². The number of hydrogen-bond donors (Lipinski definition) is 0. The van der Waals surface area contributed by atoms with Gasteiger partial charge in [-0.25, -0.2) is 4.79 Å². The summed E-state index contributed by atoms with van der Waals surface area (Å²) in [5.74, 6) is -0.779. The van der Waals surface area contributed by atoms with Gasteiger partial charge in [0.05, 0.1) is 40.8 Å². The Morgan fingerprint density at radius 1 is 0.889 bits per heavy atom. The van der Waals surface area contributed by atoms with Gasteiger partial charge >= 0.3 is 12.1 Å². The molecule has 234 valence electrons. The van der Waals surface area contributed by atoms with Crippen molar-refractivity contribution < 1.29 is 31.9 Å². The Bertz CT molecular complexity index is 1790. The fourth-order valence-electron chi connectivity index (χ4n) is 4.26.